The van der Waals surface area contributed by atoms with Crippen LogP contribution in [0.5, 0.6) is 11.5 Å². The van der Waals surface area contributed by atoms with Crippen molar-refractivity contribution in [2.24, 2.45) is 5.73 Å². The molecule has 2 N–H and O–H groups in total. The molecule has 0 aromatic heterocycles. The van der Waals surface area contributed by atoms with Crippen molar-refractivity contribution in [3.8, 4) is 11.5 Å². The Kier molecular flexibility index (Phi) is 2.33. The molecule has 0 amide bonds. The Morgan fingerprint density at radius 3 is 3.00 bits per heavy atom. The van der Waals surface area contributed by atoms with Gasteiger partial charge in [-0.1, -0.05) is 6.92 Å². The molecule has 0 fully saturated rings. The van der Waals surface area contributed by atoms with Crippen LogP contribution < -0.4 is 15.2 Å². The standard InChI is InChI=1S/C11H15NO2/c1-3-7-4-8(13-2)5-9-10(12)6-14-11(7)9/h4-5,10H,3,6,12H2,1-2H3/t10-/m1/s1. The third kappa shape index (κ3) is 1.34. The minimum atomic E-state index is -0.00889. The van der Waals surface area contributed by atoms with E-state index in [0.29, 0.717) is 6.61 Å². The van der Waals surface area contributed by atoms with Crippen LogP contribution in [-0.2, 0) is 6.42 Å². The number of hydrogen-bond donors (Lipinski definition) is 1. The maximum absolute atomic E-state index is 5.91. The zero-order chi connectivity index (χ0) is 10.1. The van der Waals surface area contributed by atoms with Gasteiger partial charge in [-0.25, -0.2) is 0 Å². The molecule has 2 rings (SSSR count). The van der Waals surface area contributed by atoms with Crippen LogP contribution in [0.15, 0.2) is 12.1 Å². The van der Waals surface area contributed by atoms with Crippen LogP contribution >= 0.6 is 0 Å². The highest BCUT2D eigenvalue weighted by Crippen LogP contribution is 2.37. The molecule has 1 atom stereocenters. The molecule has 0 radical (unpaired) electrons. The van der Waals surface area contributed by atoms with Gasteiger partial charge in [0.15, 0.2) is 0 Å². The zero-order valence-corrected chi connectivity index (χ0v) is 8.54. The van der Waals surface area contributed by atoms with Crippen molar-refractivity contribution in [3.63, 3.8) is 0 Å². The van der Waals surface area contributed by atoms with Crippen LogP contribution in [0.3, 0.4) is 0 Å². The first-order valence-corrected chi connectivity index (χ1v) is 4.85. The lowest BCUT2D eigenvalue weighted by molar-refractivity contribution is 0.330. The van der Waals surface area contributed by atoms with Crippen molar-refractivity contribution in [2.75, 3.05) is 13.7 Å². The first kappa shape index (κ1) is 9.34. The smallest absolute Gasteiger partial charge is 0.127 e. The highest BCUT2D eigenvalue weighted by atomic mass is 16.5. The Morgan fingerprint density at radius 2 is 2.36 bits per heavy atom. The monoisotopic (exact) mass is 193 g/mol. The fourth-order valence-electron chi connectivity index (χ4n) is 1.78. The van der Waals surface area contributed by atoms with E-state index in [1.54, 1.807) is 7.11 Å². The summed E-state index contributed by atoms with van der Waals surface area (Å²) in [5.41, 5.74) is 8.16. The minimum absolute atomic E-state index is 0.00889. The number of hydrogen-bond acceptors (Lipinski definition) is 3. The molecule has 0 spiro atoms. The van der Waals surface area contributed by atoms with Gasteiger partial charge in [0, 0.05) is 5.56 Å². The number of rotatable bonds is 2. The van der Waals surface area contributed by atoms with Crippen molar-refractivity contribution >= 4 is 0 Å². The fraction of sp³-hybridized carbons (Fsp3) is 0.455. The van der Waals surface area contributed by atoms with Gasteiger partial charge in [-0.15, -0.1) is 0 Å². The third-order valence-corrected chi connectivity index (χ3v) is 2.59. The largest absolute Gasteiger partial charge is 0.497 e. The second-order valence-corrected chi connectivity index (χ2v) is 3.48. The maximum atomic E-state index is 5.91. The quantitative estimate of drug-likeness (QED) is 0.776. The summed E-state index contributed by atoms with van der Waals surface area (Å²) in [4.78, 5) is 0. The Labute approximate surface area is 83.8 Å². The van der Waals surface area contributed by atoms with Crippen molar-refractivity contribution < 1.29 is 9.47 Å². The van der Waals surface area contributed by atoms with Crippen LogP contribution in [0.1, 0.15) is 24.1 Å². The van der Waals surface area contributed by atoms with Crippen LogP contribution in [-0.4, -0.2) is 13.7 Å². The van der Waals surface area contributed by atoms with Gasteiger partial charge in [0.2, 0.25) is 0 Å². The normalized spacial score (nSPS) is 18.9. The highest BCUT2D eigenvalue weighted by molar-refractivity contribution is 5.50. The average Bonchev–Trinajstić information content (AvgIpc) is 2.59. The zero-order valence-electron chi connectivity index (χ0n) is 8.54. The molecule has 0 saturated carbocycles. The van der Waals surface area contributed by atoms with Gasteiger partial charge in [0.1, 0.15) is 18.1 Å². The van der Waals surface area contributed by atoms with Gasteiger partial charge in [0.05, 0.1) is 13.2 Å². The molecule has 0 unspecified atom stereocenters. The molecule has 0 bridgehead atoms. The molecule has 14 heavy (non-hydrogen) atoms. The van der Waals surface area contributed by atoms with Gasteiger partial charge in [-0.05, 0) is 24.1 Å². The van der Waals surface area contributed by atoms with Crippen molar-refractivity contribution in [1.82, 2.24) is 0 Å². The van der Waals surface area contributed by atoms with Crippen LogP contribution in [0.2, 0.25) is 0 Å². The lowest BCUT2D eigenvalue weighted by atomic mass is 10.0. The Balaban J connectivity index is 2.52. The van der Waals surface area contributed by atoms with E-state index in [-0.39, 0.29) is 6.04 Å². The summed E-state index contributed by atoms with van der Waals surface area (Å²) in [6.45, 7) is 2.68. The molecule has 1 aliphatic heterocycles. The Hall–Kier alpha value is -1.22. The summed E-state index contributed by atoms with van der Waals surface area (Å²) in [7, 11) is 1.67. The average molecular weight is 193 g/mol. The van der Waals surface area contributed by atoms with Gasteiger partial charge in [-0.3, -0.25) is 0 Å². The Bertz CT molecular complexity index is 349. The van der Waals surface area contributed by atoms with E-state index in [1.807, 2.05) is 12.1 Å². The van der Waals surface area contributed by atoms with E-state index >= 15 is 0 Å². The van der Waals surface area contributed by atoms with Crippen molar-refractivity contribution in [1.29, 1.82) is 0 Å². The van der Waals surface area contributed by atoms with Gasteiger partial charge >= 0.3 is 0 Å². The highest BCUT2D eigenvalue weighted by Gasteiger charge is 2.23. The third-order valence-electron chi connectivity index (χ3n) is 2.59. The fourth-order valence-corrected chi connectivity index (χ4v) is 1.78. The molecule has 3 nitrogen and oxygen atoms in total. The lowest BCUT2D eigenvalue weighted by Gasteiger charge is -2.09. The molecule has 1 aliphatic rings. The van der Waals surface area contributed by atoms with E-state index in [0.717, 1.165) is 23.5 Å². The van der Waals surface area contributed by atoms with E-state index in [4.69, 9.17) is 15.2 Å². The van der Waals surface area contributed by atoms with Crippen molar-refractivity contribution in [2.45, 2.75) is 19.4 Å². The van der Waals surface area contributed by atoms with Gasteiger partial charge in [-0.2, -0.15) is 0 Å². The number of nitrogens with two attached hydrogens (primary N) is 1. The number of fused-ring (bicyclic) bond motifs is 1. The molecule has 1 heterocycles. The summed E-state index contributed by atoms with van der Waals surface area (Å²) < 4.78 is 10.8. The van der Waals surface area contributed by atoms with E-state index in [2.05, 4.69) is 6.92 Å². The Morgan fingerprint density at radius 1 is 1.57 bits per heavy atom. The first-order valence-electron chi connectivity index (χ1n) is 4.85. The summed E-state index contributed by atoms with van der Waals surface area (Å²) >= 11 is 0. The van der Waals surface area contributed by atoms with E-state index < -0.39 is 0 Å². The predicted octanol–water partition coefficient (Wildman–Crippen LogP) is 1.65. The number of benzene rings is 1. The lowest BCUT2D eigenvalue weighted by Crippen LogP contribution is -2.10. The molecule has 3 heteroatoms. The maximum Gasteiger partial charge on any atom is 0.127 e. The molecular weight excluding hydrogens is 178 g/mol. The predicted molar refractivity (Wildman–Crippen MR) is 54.8 cm³/mol. The molecule has 0 aliphatic carbocycles. The minimum Gasteiger partial charge on any atom is -0.497 e. The number of aryl methyl sites for hydroxylation is 1. The SMILES string of the molecule is CCc1cc(OC)cc2c1OC[C@H]2N. The molecule has 1 aromatic carbocycles. The number of ether oxygens (including phenoxy) is 2. The van der Waals surface area contributed by atoms with Gasteiger partial charge in [0.25, 0.3) is 0 Å². The summed E-state index contributed by atoms with van der Waals surface area (Å²) in [6.07, 6.45) is 0.937. The van der Waals surface area contributed by atoms with Crippen molar-refractivity contribution in [3.05, 3.63) is 23.3 Å². The summed E-state index contributed by atoms with van der Waals surface area (Å²) in [6, 6.07) is 3.97. The molecular formula is C11H15NO2. The first-order chi connectivity index (χ1) is 6.76. The van der Waals surface area contributed by atoms with Crippen LogP contribution in [0.4, 0.5) is 0 Å². The van der Waals surface area contributed by atoms with Gasteiger partial charge < -0.3 is 15.2 Å². The molecule has 1 aromatic rings. The molecule has 76 valence electrons. The summed E-state index contributed by atoms with van der Waals surface area (Å²) in [5.74, 6) is 1.82. The summed E-state index contributed by atoms with van der Waals surface area (Å²) in [5, 5.41) is 0. The second kappa shape index (κ2) is 3.50. The van der Waals surface area contributed by atoms with E-state index in [1.165, 1.54) is 5.56 Å². The number of methoxy groups -OCH3 is 1. The van der Waals surface area contributed by atoms with Crippen LogP contribution in [0, 0.1) is 0 Å². The molecule has 0 saturated heterocycles. The second-order valence-electron chi connectivity index (χ2n) is 3.48. The van der Waals surface area contributed by atoms with E-state index in [9.17, 15) is 0 Å². The topological polar surface area (TPSA) is 44.5 Å². The van der Waals surface area contributed by atoms with Crippen LogP contribution in [0.25, 0.3) is 0 Å².